The molecule has 1 saturated heterocycles. The Labute approximate surface area is 190 Å². The zero-order valence-electron chi connectivity index (χ0n) is 17.3. The second-order valence-corrected chi connectivity index (χ2v) is 9.22. The Morgan fingerprint density at radius 1 is 1.29 bits per heavy atom. The molecule has 0 spiro atoms. The number of carbonyl (C=O) groups is 1. The van der Waals surface area contributed by atoms with E-state index in [1.807, 2.05) is 48.7 Å². The molecule has 3 aromatic rings. The van der Waals surface area contributed by atoms with Crippen LogP contribution in [-0.4, -0.2) is 60.1 Å². The lowest BCUT2D eigenvalue weighted by Gasteiger charge is -2.42. The van der Waals surface area contributed by atoms with E-state index < -0.39 is 6.17 Å². The number of rotatable bonds is 7. The van der Waals surface area contributed by atoms with Gasteiger partial charge in [0.2, 0.25) is 5.91 Å². The lowest BCUT2D eigenvalue weighted by Crippen LogP contribution is -2.60. The third-order valence-corrected chi connectivity index (χ3v) is 6.72. The van der Waals surface area contributed by atoms with Crippen molar-refractivity contribution in [3.8, 4) is 0 Å². The molecule has 2 aromatic heterocycles. The number of aromatic nitrogens is 1. The maximum absolute atomic E-state index is 13.3. The highest BCUT2D eigenvalue weighted by molar-refractivity contribution is 7.16. The van der Waals surface area contributed by atoms with E-state index in [0.29, 0.717) is 19.7 Å². The number of hydrogen-bond acceptors (Lipinski definition) is 6. The molecule has 1 unspecified atom stereocenters. The lowest BCUT2D eigenvalue weighted by molar-refractivity contribution is -0.146. The highest BCUT2D eigenvalue weighted by Crippen LogP contribution is 2.25. The van der Waals surface area contributed by atoms with Crippen LogP contribution < -0.4 is 5.73 Å². The summed E-state index contributed by atoms with van der Waals surface area (Å²) >= 11 is 7.52. The summed E-state index contributed by atoms with van der Waals surface area (Å²) in [7, 11) is 1.62. The normalized spacial score (nSPS) is 18.9. The Kier molecular flexibility index (Phi) is 6.99. The first-order valence-corrected chi connectivity index (χ1v) is 11.3. The molecule has 1 aromatic carbocycles. The molecule has 4 rings (SSSR count). The Morgan fingerprint density at radius 2 is 2.16 bits per heavy atom. The molecule has 0 aliphatic carbocycles. The summed E-state index contributed by atoms with van der Waals surface area (Å²) in [6, 6.07) is 11.4. The molecule has 1 aliphatic rings. The molecule has 2 N–H and O–H groups in total. The third kappa shape index (κ3) is 4.97. The number of nitrogens with zero attached hydrogens (tertiary/aromatic N) is 3. The number of ether oxygens (including phenoxy) is 1. The van der Waals surface area contributed by atoms with Gasteiger partial charge in [-0.2, -0.15) is 0 Å². The molecule has 6 nitrogen and oxygen atoms in total. The van der Waals surface area contributed by atoms with Crippen LogP contribution in [0.2, 0.25) is 4.34 Å². The highest BCUT2D eigenvalue weighted by atomic mass is 35.5. The van der Waals surface area contributed by atoms with Gasteiger partial charge in [0.15, 0.2) is 0 Å². The molecule has 8 heteroatoms. The van der Waals surface area contributed by atoms with Crippen LogP contribution in [0.4, 0.5) is 0 Å². The molecule has 0 bridgehead atoms. The number of benzene rings is 1. The van der Waals surface area contributed by atoms with Crippen molar-refractivity contribution >= 4 is 45.7 Å². The van der Waals surface area contributed by atoms with Crippen LogP contribution >= 0.6 is 22.9 Å². The fraction of sp³-hybridized carbons (Fsp3) is 0.304. The molecule has 0 radical (unpaired) electrons. The van der Waals surface area contributed by atoms with Gasteiger partial charge >= 0.3 is 0 Å². The number of halogens is 1. The Balaban J connectivity index is 1.47. The summed E-state index contributed by atoms with van der Waals surface area (Å²) < 4.78 is 6.13. The molecular weight excluding hydrogens is 432 g/mol. The molecule has 31 heavy (non-hydrogen) atoms. The van der Waals surface area contributed by atoms with Crippen molar-refractivity contribution in [3.05, 3.63) is 69.6 Å². The average Bonchev–Trinajstić information content (AvgIpc) is 3.20. The molecule has 0 saturated carbocycles. The number of methoxy groups -OCH3 is 1. The van der Waals surface area contributed by atoms with Gasteiger partial charge in [0.25, 0.3) is 0 Å². The van der Waals surface area contributed by atoms with E-state index in [9.17, 15) is 4.79 Å². The molecule has 1 amide bonds. The maximum Gasteiger partial charge on any atom is 0.243 e. The summed E-state index contributed by atoms with van der Waals surface area (Å²) in [6.45, 7) is 2.26. The second-order valence-electron chi connectivity index (χ2n) is 7.47. The predicted molar refractivity (Wildman–Crippen MR) is 126 cm³/mol. The van der Waals surface area contributed by atoms with Gasteiger partial charge in [-0.1, -0.05) is 29.8 Å². The van der Waals surface area contributed by atoms with Crippen LogP contribution in [0.25, 0.3) is 16.8 Å². The Morgan fingerprint density at radius 3 is 2.94 bits per heavy atom. The van der Waals surface area contributed by atoms with Crippen molar-refractivity contribution in [2.75, 3.05) is 33.4 Å². The van der Waals surface area contributed by atoms with E-state index in [-0.39, 0.29) is 11.9 Å². The SMILES string of the molecule is COC[C@H]1C(=O)N(C(N)c2ccc3cnccc3c2)CCN1CC=Cc1ccc(Cl)s1. The van der Waals surface area contributed by atoms with E-state index in [0.717, 1.165) is 32.1 Å². The van der Waals surface area contributed by atoms with Gasteiger partial charge in [-0.05, 0) is 41.3 Å². The van der Waals surface area contributed by atoms with Crippen molar-refractivity contribution in [1.29, 1.82) is 0 Å². The second kappa shape index (κ2) is 9.89. The molecule has 1 aliphatic heterocycles. The van der Waals surface area contributed by atoms with Crippen LogP contribution in [0, 0.1) is 0 Å². The fourth-order valence-corrected chi connectivity index (χ4v) is 4.86. The minimum atomic E-state index is -0.504. The average molecular weight is 457 g/mol. The summed E-state index contributed by atoms with van der Waals surface area (Å²) in [5.74, 6) is -0.0111. The van der Waals surface area contributed by atoms with Gasteiger partial charge in [-0.15, -0.1) is 11.3 Å². The third-order valence-electron chi connectivity index (χ3n) is 5.52. The maximum atomic E-state index is 13.3. The predicted octanol–water partition coefficient (Wildman–Crippen LogP) is 3.78. The summed E-state index contributed by atoms with van der Waals surface area (Å²) in [5.41, 5.74) is 7.45. The van der Waals surface area contributed by atoms with E-state index in [1.165, 1.54) is 11.3 Å². The van der Waals surface area contributed by atoms with Gasteiger partial charge in [0.05, 0.1) is 10.9 Å². The van der Waals surface area contributed by atoms with Crippen LogP contribution in [0.1, 0.15) is 16.6 Å². The number of pyridine rings is 1. The van der Waals surface area contributed by atoms with Gasteiger partial charge < -0.3 is 15.4 Å². The van der Waals surface area contributed by atoms with Gasteiger partial charge in [0, 0.05) is 49.4 Å². The standard InChI is InChI=1S/C23H25ClN4O2S/c1-30-15-20-23(29)28(12-11-27(20)10-2-3-19-6-7-21(24)31-19)22(25)17-4-5-18-14-26-9-8-16(18)13-17/h2-9,13-14,20,22H,10-12,15,25H2,1H3/t20-,22?/m0/s1. The first-order chi connectivity index (χ1) is 15.1. The van der Waals surface area contributed by atoms with Crippen LogP contribution in [0.5, 0.6) is 0 Å². The summed E-state index contributed by atoms with van der Waals surface area (Å²) in [6.07, 6.45) is 7.17. The van der Waals surface area contributed by atoms with Gasteiger partial charge in [0.1, 0.15) is 12.2 Å². The summed E-state index contributed by atoms with van der Waals surface area (Å²) in [5, 5.41) is 2.10. The van der Waals surface area contributed by atoms with E-state index in [2.05, 4.69) is 16.0 Å². The van der Waals surface area contributed by atoms with E-state index in [4.69, 9.17) is 22.1 Å². The minimum absolute atomic E-state index is 0.0111. The lowest BCUT2D eigenvalue weighted by atomic mass is 10.0. The van der Waals surface area contributed by atoms with Crippen LogP contribution in [0.3, 0.4) is 0 Å². The first-order valence-electron chi connectivity index (χ1n) is 10.1. The van der Waals surface area contributed by atoms with Crippen molar-refractivity contribution < 1.29 is 9.53 Å². The molecule has 162 valence electrons. The van der Waals surface area contributed by atoms with Gasteiger partial charge in [-0.3, -0.25) is 14.7 Å². The van der Waals surface area contributed by atoms with Crippen LogP contribution in [-0.2, 0) is 9.53 Å². The highest BCUT2D eigenvalue weighted by Gasteiger charge is 2.36. The van der Waals surface area contributed by atoms with E-state index in [1.54, 1.807) is 18.2 Å². The molecular formula is C23H25ClN4O2S. The zero-order chi connectivity index (χ0) is 21.8. The van der Waals surface area contributed by atoms with Crippen LogP contribution in [0.15, 0.2) is 54.9 Å². The fourth-order valence-electron chi connectivity index (χ4n) is 3.87. The first kappa shape index (κ1) is 21.9. The largest absolute Gasteiger partial charge is 0.383 e. The van der Waals surface area contributed by atoms with Crippen molar-refractivity contribution in [2.45, 2.75) is 12.2 Å². The minimum Gasteiger partial charge on any atom is -0.383 e. The number of piperazine rings is 1. The Bertz CT molecular complexity index is 1090. The number of carbonyl (C=O) groups excluding carboxylic acids is 1. The number of hydrogen-bond donors (Lipinski definition) is 1. The molecule has 2 atom stereocenters. The number of fused-ring (bicyclic) bond motifs is 1. The molecule has 3 heterocycles. The smallest absolute Gasteiger partial charge is 0.243 e. The van der Waals surface area contributed by atoms with E-state index >= 15 is 0 Å². The number of nitrogens with two attached hydrogens (primary N) is 1. The van der Waals surface area contributed by atoms with Crippen molar-refractivity contribution in [2.24, 2.45) is 5.73 Å². The monoisotopic (exact) mass is 456 g/mol. The molecule has 1 fully saturated rings. The number of thiophene rings is 1. The summed E-state index contributed by atoms with van der Waals surface area (Å²) in [4.78, 5) is 22.4. The quantitative estimate of drug-likeness (QED) is 0.585. The van der Waals surface area contributed by atoms with Crippen molar-refractivity contribution in [3.63, 3.8) is 0 Å². The number of amides is 1. The Hall–Kier alpha value is -2.29. The zero-order valence-corrected chi connectivity index (χ0v) is 18.9. The van der Waals surface area contributed by atoms with Crippen molar-refractivity contribution in [1.82, 2.24) is 14.8 Å². The topological polar surface area (TPSA) is 71.7 Å². The van der Waals surface area contributed by atoms with Gasteiger partial charge in [-0.25, -0.2) is 0 Å².